The number of likely N-dealkylation sites (N-methyl/N-ethyl adjacent to an activating group) is 1. The Bertz CT molecular complexity index is 645. The van der Waals surface area contributed by atoms with Crippen molar-refractivity contribution >= 4 is 5.91 Å². The Morgan fingerprint density at radius 3 is 2.87 bits per heavy atom. The maximum Gasteiger partial charge on any atom is 0.234 e. The summed E-state index contributed by atoms with van der Waals surface area (Å²) in [6, 6.07) is 6.55. The Kier molecular flexibility index (Phi) is 6.22. The van der Waals surface area contributed by atoms with Gasteiger partial charge < -0.3 is 9.84 Å². The number of hydrogen-bond donors (Lipinski definition) is 1. The van der Waals surface area contributed by atoms with Crippen molar-refractivity contribution in [2.45, 2.75) is 26.3 Å². The van der Waals surface area contributed by atoms with Gasteiger partial charge in [-0.3, -0.25) is 9.69 Å². The molecule has 0 aliphatic rings. The van der Waals surface area contributed by atoms with E-state index in [4.69, 9.17) is 4.52 Å². The van der Waals surface area contributed by atoms with E-state index in [0.717, 1.165) is 0 Å². The molecule has 124 valence electrons. The summed E-state index contributed by atoms with van der Waals surface area (Å²) in [4.78, 5) is 17.8. The van der Waals surface area contributed by atoms with Crippen molar-refractivity contribution in [3.05, 3.63) is 47.4 Å². The van der Waals surface area contributed by atoms with Gasteiger partial charge in [-0.1, -0.05) is 30.3 Å². The fourth-order valence-electron chi connectivity index (χ4n) is 2.12. The highest BCUT2D eigenvalue weighted by molar-refractivity contribution is 5.77. The van der Waals surface area contributed by atoms with Crippen LogP contribution in [-0.4, -0.2) is 41.1 Å². The summed E-state index contributed by atoms with van der Waals surface area (Å²) in [5.74, 6) is 0.796. The molecule has 7 heteroatoms. The third-order valence-electron chi connectivity index (χ3n) is 3.30. The maximum absolute atomic E-state index is 13.6. The average molecular weight is 320 g/mol. The van der Waals surface area contributed by atoms with Gasteiger partial charge in [0.05, 0.1) is 6.54 Å². The van der Waals surface area contributed by atoms with Crippen LogP contribution in [0.1, 0.15) is 24.2 Å². The average Bonchev–Trinajstić information content (AvgIpc) is 2.97. The summed E-state index contributed by atoms with van der Waals surface area (Å²) in [7, 11) is 1.78. The van der Waals surface area contributed by atoms with Crippen molar-refractivity contribution in [2.24, 2.45) is 0 Å². The lowest BCUT2D eigenvalue weighted by Crippen LogP contribution is -2.36. The number of rotatable bonds is 8. The van der Waals surface area contributed by atoms with Gasteiger partial charge in [0.2, 0.25) is 11.8 Å². The largest absolute Gasteiger partial charge is 0.355 e. The molecule has 1 aromatic heterocycles. The van der Waals surface area contributed by atoms with Gasteiger partial charge in [0.25, 0.3) is 0 Å². The number of amides is 1. The third-order valence-corrected chi connectivity index (χ3v) is 3.30. The van der Waals surface area contributed by atoms with E-state index < -0.39 is 0 Å². The predicted octanol–water partition coefficient (Wildman–Crippen LogP) is 1.56. The highest BCUT2D eigenvalue weighted by atomic mass is 19.1. The summed E-state index contributed by atoms with van der Waals surface area (Å²) in [6.45, 7) is 2.95. The number of hydrogen-bond acceptors (Lipinski definition) is 5. The molecule has 1 N–H and O–H groups in total. The molecular weight excluding hydrogens is 299 g/mol. The maximum atomic E-state index is 13.6. The molecule has 0 saturated heterocycles. The number of benzene rings is 1. The van der Waals surface area contributed by atoms with Crippen molar-refractivity contribution < 1.29 is 13.7 Å². The number of aryl methyl sites for hydroxylation is 1. The van der Waals surface area contributed by atoms with Crippen LogP contribution in [0.3, 0.4) is 0 Å². The standard InChI is InChI=1S/C16H21FN4O2/c1-3-16-19-14(20-23-16)8-9-18-15(22)11-21(2)10-12-6-4-5-7-13(12)17/h4-7H,3,8-11H2,1-2H3,(H,18,22). The van der Waals surface area contributed by atoms with Gasteiger partial charge in [-0.2, -0.15) is 4.98 Å². The van der Waals surface area contributed by atoms with E-state index >= 15 is 0 Å². The Morgan fingerprint density at radius 2 is 2.17 bits per heavy atom. The number of halogens is 1. The molecule has 23 heavy (non-hydrogen) atoms. The molecule has 0 bridgehead atoms. The second-order valence-corrected chi connectivity index (χ2v) is 5.32. The van der Waals surface area contributed by atoms with Gasteiger partial charge in [-0.05, 0) is 13.1 Å². The summed E-state index contributed by atoms with van der Waals surface area (Å²) < 4.78 is 18.6. The van der Waals surface area contributed by atoms with Crippen LogP contribution >= 0.6 is 0 Å². The van der Waals surface area contributed by atoms with E-state index in [1.807, 2.05) is 6.92 Å². The van der Waals surface area contributed by atoms with Crippen LogP contribution in [-0.2, 0) is 24.2 Å². The van der Waals surface area contributed by atoms with E-state index in [9.17, 15) is 9.18 Å². The number of nitrogens with zero attached hydrogens (tertiary/aromatic N) is 3. The normalized spacial score (nSPS) is 11.0. The summed E-state index contributed by atoms with van der Waals surface area (Å²) in [5.41, 5.74) is 0.571. The third kappa shape index (κ3) is 5.45. The van der Waals surface area contributed by atoms with E-state index in [2.05, 4.69) is 15.5 Å². The monoisotopic (exact) mass is 320 g/mol. The predicted molar refractivity (Wildman–Crippen MR) is 83.1 cm³/mol. The number of nitrogens with one attached hydrogen (secondary N) is 1. The van der Waals surface area contributed by atoms with Crippen molar-refractivity contribution in [1.82, 2.24) is 20.4 Å². The number of carbonyl (C=O) groups excluding carboxylic acids is 1. The molecule has 1 aromatic carbocycles. The minimum Gasteiger partial charge on any atom is -0.355 e. The smallest absolute Gasteiger partial charge is 0.234 e. The molecule has 0 spiro atoms. The van der Waals surface area contributed by atoms with Crippen LogP contribution < -0.4 is 5.32 Å². The Balaban J connectivity index is 1.70. The lowest BCUT2D eigenvalue weighted by molar-refractivity contribution is -0.122. The van der Waals surface area contributed by atoms with Gasteiger partial charge >= 0.3 is 0 Å². The van der Waals surface area contributed by atoms with Gasteiger partial charge in [0, 0.05) is 31.5 Å². The Morgan fingerprint density at radius 1 is 1.39 bits per heavy atom. The van der Waals surface area contributed by atoms with E-state index in [-0.39, 0.29) is 18.3 Å². The molecule has 1 heterocycles. The lowest BCUT2D eigenvalue weighted by atomic mass is 10.2. The van der Waals surface area contributed by atoms with E-state index in [1.165, 1.54) is 6.07 Å². The first-order valence-electron chi connectivity index (χ1n) is 7.58. The molecule has 0 radical (unpaired) electrons. The van der Waals surface area contributed by atoms with Crippen molar-refractivity contribution in [1.29, 1.82) is 0 Å². The zero-order valence-electron chi connectivity index (χ0n) is 13.4. The SMILES string of the molecule is CCc1nc(CCNC(=O)CN(C)Cc2ccccc2F)no1. The molecule has 0 aliphatic heterocycles. The summed E-state index contributed by atoms with van der Waals surface area (Å²) in [5, 5.41) is 6.61. The molecule has 1 amide bonds. The zero-order valence-corrected chi connectivity index (χ0v) is 13.4. The van der Waals surface area contributed by atoms with E-state index in [0.29, 0.717) is 43.2 Å². The minimum absolute atomic E-state index is 0.122. The quantitative estimate of drug-likeness (QED) is 0.799. The molecule has 2 rings (SSSR count). The first-order chi connectivity index (χ1) is 11.1. The molecule has 0 atom stereocenters. The van der Waals surface area contributed by atoms with Gasteiger partial charge in [-0.15, -0.1) is 0 Å². The highest BCUT2D eigenvalue weighted by Crippen LogP contribution is 2.08. The second kappa shape index (κ2) is 8.38. The minimum atomic E-state index is -0.261. The Labute approximate surface area is 134 Å². The molecule has 0 saturated carbocycles. The fraction of sp³-hybridized carbons (Fsp3) is 0.438. The molecule has 0 unspecified atom stereocenters. The molecule has 2 aromatic rings. The van der Waals surface area contributed by atoms with Gasteiger partial charge in [-0.25, -0.2) is 4.39 Å². The highest BCUT2D eigenvalue weighted by Gasteiger charge is 2.10. The molecule has 0 aliphatic carbocycles. The van der Waals surface area contributed by atoms with Crippen LogP contribution in [0.15, 0.2) is 28.8 Å². The first-order valence-corrected chi connectivity index (χ1v) is 7.58. The van der Waals surface area contributed by atoms with Crippen LogP contribution in [0, 0.1) is 5.82 Å². The lowest BCUT2D eigenvalue weighted by Gasteiger charge is -2.16. The van der Waals surface area contributed by atoms with Crippen molar-refractivity contribution in [3.63, 3.8) is 0 Å². The topological polar surface area (TPSA) is 71.3 Å². The van der Waals surface area contributed by atoms with Crippen LogP contribution in [0.4, 0.5) is 4.39 Å². The second-order valence-electron chi connectivity index (χ2n) is 5.32. The molecular formula is C16H21FN4O2. The zero-order chi connectivity index (χ0) is 16.7. The van der Waals surface area contributed by atoms with Crippen molar-refractivity contribution in [2.75, 3.05) is 20.1 Å². The van der Waals surface area contributed by atoms with Crippen LogP contribution in [0.5, 0.6) is 0 Å². The van der Waals surface area contributed by atoms with E-state index in [1.54, 1.807) is 30.1 Å². The van der Waals surface area contributed by atoms with Gasteiger partial charge in [0.15, 0.2) is 5.82 Å². The molecule has 0 fully saturated rings. The van der Waals surface area contributed by atoms with Gasteiger partial charge in [0.1, 0.15) is 5.82 Å². The summed E-state index contributed by atoms with van der Waals surface area (Å²) in [6.07, 6.45) is 1.21. The first kappa shape index (κ1) is 17.1. The van der Waals surface area contributed by atoms with Crippen LogP contribution in [0.25, 0.3) is 0 Å². The number of aromatic nitrogens is 2. The fourth-order valence-corrected chi connectivity index (χ4v) is 2.12. The summed E-state index contributed by atoms with van der Waals surface area (Å²) >= 11 is 0. The van der Waals surface area contributed by atoms with Crippen LogP contribution in [0.2, 0.25) is 0 Å². The number of carbonyl (C=O) groups is 1. The van der Waals surface area contributed by atoms with Crippen molar-refractivity contribution in [3.8, 4) is 0 Å². The molecule has 6 nitrogen and oxygen atoms in total. The Hall–Kier alpha value is -2.28.